The number of benzene rings is 2. The second kappa shape index (κ2) is 6.24. The lowest BCUT2D eigenvalue weighted by atomic mass is 10.1. The Hall–Kier alpha value is -2.82. The van der Waals surface area contributed by atoms with Crippen molar-refractivity contribution in [2.45, 2.75) is 18.4 Å². The summed E-state index contributed by atoms with van der Waals surface area (Å²) in [6.45, 7) is 2.64. The number of nitriles is 1. The molecular weight excluding hydrogens is 338 g/mol. The van der Waals surface area contributed by atoms with Crippen LogP contribution in [0.3, 0.4) is 0 Å². The van der Waals surface area contributed by atoms with Crippen molar-refractivity contribution in [3.05, 3.63) is 48.0 Å². The first kappa shape index (κ1) is 17.0. The summed E-state index contributed by atoms with van der Waals surface area (Å²) in [6, 6.07) is 14.1. The van der Waals surface area contributed by atoms with Crippen LogP contribution in [0.2, 0.25) is 0 Å². The molecule has 3 aromatic rings. The van der Waals surface area contributed by atoms with Crippen LogP contribution in [0.4, 0.5) is 0 Å². The van der Waals surface area contributed by atoms with E-state index in [1.54, 1.807) is 19.2 Å². The van der Waals surface area contributed by atoms with Gasteiger partial charge in [-0.2, -0.15) is 5.26 Å². The lowest BCUT2D eigenvalue weighted by Gasteiger charge is -2.09. The summed E-state index contributed by atoms with van der Waals surface area (Å²) >= 11 is 0. The maximum Gasteiger partial charge on any atom is 0.238 e. The van der Waals surface area contributed by atoms with Crippen LogP contribution in [0.5, 0.6) is 5.75 Å². The lowest BCUT2D eigenvalue weighted by molar-refractivity contribution is 0.415. The number of primary sulfonamides is 1. The van der Waals surface area contributed by atoms with Gasteiger partial charge < -0.3 is 9.30 Å². The van der Waals surface area contributed by atoms with Gasteiger partial charge in [0.25, 0.3) is 0 Å². The van der Waals surface area contributed by atoms with E-state index in [-0.39, 0.29) is 4.90 Å². The molecule has 0 unspecified atom stereocenters. The third-order valence-corrected chi connectivity index (χ3v) is 5.09. The molecule has 0 atom stereocenters. The summed E-state index contributed by atoms with van der Waals surface area (Å²) in [5.74, 6) is 0.709. The molecule has 0 amide bonds. The smallest absolute Gasteiger partial charge is 0.238 e. The number of nitrogens with two attached hydrogens (primary N) is 1. The van der Waals surface area contributed by atoms with Crippen molar-refractivity contribution < 1.29 is 13.2 Å². The molecule has 3 rings (SSSR count). The van der Waals surface area contributed by atoms with E-state index >= 15 is 0 Å². The minimum Gasteiger partial charge on any atom is -0.497 e. The number of ether oxygens (including phenoxy) is 1. The number of aromatic nitrogens is 1. The van der Waals surface area contributed by atoms with E-state index < -0.39 is 10.0 Å². The van der Waals surface area contributed by atoms with Gasteiger partial charge in [-0.05, 0) is 36.8 Å². The first-order valence-corrected chi connectivity index (χ1v) is 9.19. The molecule has 0 fully saturated rings. The van der Waals surface area contributed by atoms with Crippen molar-refractivity contribution in [1.29, 1.82) is 5.26 Å². The molecule has 128 valence electrons. The fourth-order valence-corrected chi connectivity index (χ4v) is 3.52. The topological polar surface area (TPSA) is 98.1 Å². The largest absolute Gasteiger partial charge is 0.497 e. The number of hydrogen-bond acceptors (Lipinski definition) is 4. The van der Waals surface area contributed by atoms with Gasteiger partial charge in [-0.25, -0.2) is 13.6 Å². The third kappa shape index (κ3) is 2.86. The molecule has 0 aliphatic heterocycles. The fourth-order valence-electron chi connectivity index (χ4n) is 3.00. The van der Waals surface area contributed by atoms with E-state index in [2.05, 4.69) is 6.07 Å². The van der Waals surface area contributed by atoms with E-state index in [1.165, 1.54) is 12.1 Å². The van der Waals surface area contributed by atoms with Gasteiger partial charge in [-0.15, -0.1) is 0 Å². The summed E-state index contributed by atoms with van der Waals surface area (Å²) < 4.78 is 30.2. The van der Waals surface area contributed by atoms with Gasteiger partial charge in [0.15, 0.2) is 0 Å². The summed E-state index contributed by atoms with van der Waals surface area (Å²) in [6.07, 6.45) is 0. The van der Waals surface area contributed by atoms with Gasteiger partial charge in [-0.1, -0.05) is 12.1 Å². The highest BCUT2D eigenvalue weighted by atomic mass is 32.2. The zero-order valence-electron chi connectivity index (χ0n) is 13.9. The molecule has 1 aromatic heterocycles. The van der Waals surface area contributed by atoms with Crippen LogP contribution >= 0.6 is 0 Å². The quantitative estimate of drug-likeness (QED) is 0.778. The van der Waals surface area contributed by atoms with Crippen molar-refractivity contribution in [2.75, 3.05) is 7.11 Å². The monoisotopic (exact) mass is 355 g/mol. The molecule has 0 saturated carbocycles. The fraction of sp³-hybridized carbons (Fsp3) is 0.167. The Morgan fingerprint density at radius 2 is 1.88 bits per heavy atom. The van der Waals surface area contributed by atoms with E-state index in [0.29, 0.717) is 17.9 Å². The van der Waals surface area contributed by atoms with Crippen molar-refractivity contribution in [1.82, 2.24) is 4.57 Å². The molecule has 6 nitrogen and oxygen atoms in total. The van der Waals surface area contributed by atoms with E-state index in [1.807, 2.05) is 29.7 Å². The Balaban J connectivity index is 2.30. The molecule has 0 aliphatic carbocycles. The van der Waals surface area contributed by atoms with Crippen LogP contribution < -0.4 is 9.88 Å². The van der Waals surface area contributed by atoms with Gasteiger partial charge in [0, 0.05) is 18.0 Å². The Morgan fingerprint density at radius 1 is 1.20 bits per heavy atom. The summed E-state index contributed by atoms with van der Waals surface area (Å²) in [5, 5.41) is 15.7. The zero-order chi connectivity index (χ0) is 18.2. The maximum absolute atomic E-state index is 11.4. The Labute approximate surface area is 146 Å². The van der Waals surface area contributed by atoms with Crippen LogP contribution in [-0.2, 0) is 16.6 Å². The SMILES string of the molecule is CCn1c(-c2ccc(S(N)(=O)=O)cc2)c(C#N)c2ccc(OC)cc21. The van der Waals surface area contributed by atoms with Crippen molar-refractivity contribution in [3.8, 4) is 23.1 Å². The molecule has 0 saturated heterocycles. The van der Waals surface area contributed by atoms with Gasteiger partial charge in [0.2, 0.25) is 10.0 Å². The normalized spacial score (nSPS) is 11.4. The van der Waals surface area contributed by atoms with Gasteiger partial charge in [0.1, 0.15) is 11.8 Å². The van der Waals surface area contributed by atoms with E-state index in [0.717, 1.165) is 22.2 Å². The number of sulfonamides is 1. The van der Waals surface area contributed by atoms with Gasteiger partial charge >= 0.3 is 0 Å². The highest BCUT2D eigenvalue weighted by Gasteiger charge is 2.19. The molecule has 25 heavy (non-hydrogen) atoms. The van der Waals surface area contributed by atoms with Crippen molar-refractivity contribution in [2.24, 2.45) is 5.14 Å². The number of aryl methyl sites for hydroxylation is 1. The molecule has 0 radical (unpaired) electrons. The highest BCUT2D eigenvalue weighted by molar-refractivity contribution is 7.89. The average Bonchev–Trinajstić information content (AvgIpc) is 2.93. The molecule has 2 aromatic carbocycles. The lowest BCUT2D eigenvalue weighted by Crippen LogP contribution is -2.11. The second-order valence-corrected chi connectivity index (χ2v) is 7.09. The van der Waals surface area contributed by atoms with Gasteiger partial charge in [-0.3, -0.25) is 0 Å². The standard InChI is InChI=1S/C18H17N3O3S/c1-3-21-17-10-13(24-2)6-9-15(17)16(11-19)18(21)12-4-7-14(8-5-12)25(20,22)23/h4-10H,3H2,1-2H3,(H2,20,22,23). The van der Waals surface area contributed by atoms with Crippen LogP contribution in [0.1, 0.15) is 12.5 Å². The highest BCUT2D eigenvalue weighted by Crippen LogP contribution is 2.35. The molecule has 0 aliphatic rings. The minimum atomic E-state index is -3.76. The molecule has 0 spiro atoms. The Morgan fingerprint density at radius 3 is 2.40 bits per heavy atom. The molecule has 0 bridgehead atoms. The number of methoxy groups -OCH3 is 1. The summed E-state index contributed by atoms with van der Waals surface area (Å²) in [7, 11) is -2.16. The first-order valence-electron chi connectivity index (χ1n) is 7.64. The van der Waals surface area contributed by atoms with Crippen LogP contribution in [-0.4, -0.2) is 20.1 Å². The Kier molecular flexibility index (Phi) is 4.25. The first-order chi connectivity index (χ1) is 11.9. The maximum atomic E-state index is 11.4. The number of fused-ring (bicyclic) bond motifs is 1. The number of nitrogens with zero attached hydrogens (tertiary/aromatic N) is 2. The van der Waals surface area contributed by atoms with Crippen LogP contribution in [0.15, 0.2) is 47.4 Å². The third-order valence-electron chi connectivity index (χ3n) is 4.16. The zero-order valence-corrected chi connectivity index (χ0v) is 14.7. The predicted octanol–water partition coefficient (Wildman–Crippen LogP) is 2.86. The molecule has 7 heteroatoms. The minimum absolute atomic E-state index is 0.0376. The number of hydrogen-bond donors (Lipinski definition) is 1. The molecular formula is C18H17N3O3S. The van der Waals surface area contributed by atoms with E-state index in [4.69, 9.17) is 9.88 Å². The van der Waals surface area contributed by atoms with Gasteiger partial charge in [0.05, 0.1) is 28.8 Å². The predicted molar refractivity (Wildman–Crippen MR) is 95.7 cm³/mol. The van der Waals surface area contributed by atoms with E-state index in [9.17, 15) is 13.7 Å². The summed E-state index contributed by atoms with van der Waals surface area (Å²) in [4.78, 5) is 0.0376. The Bertz CT molecular complexity index is 1090. The van der Waals surface area contributed by atoms with Crippen molar-refractivity contribution >= 4 is 20.9 Å². The average molecular weight is 355 g/mol. The molecule has 1 heterocycles. The van der Waals surface area contributed by atoms with Crippen LogP contribution in [0.25, 0.3) is 22.2 Å². The second-order valence-electron chi connectivity index (χ2n) is 5.53. The molecule has 2 N–H and O–H groups in total. The summed E-state index contributed by atoms with van der Waals surface area (Å²) in [5.41, 5.74) is 2.93. The van der Waals surface area contributed by atoms with Crippen molar-refractivity contribution in [3.63, 3.8) is 0 Å². The van der Waals surface area contributed by atoms with Crippen LogP contribution in [0, 0.1) is 11.3 Å². The number of rotatable bonds is 4.